The Morgan fingerprint density at radius 2 is 1.65 bits per heavy atom. The number of anilines is 2. The van der Waals surface area contributed by atoms with Crippen molar-refractivity contribution in [3.05, 3.63) is 58.6 Å². The first-order chi connectivity index (χ1) is 14.9. The van der Waals surface area contributed by atoms with Gasteiger partial charge in [-0.3, -0.25) is 10.1 Å². The number of nitro benzene ring substituents is 1. The van der Waals surface area contributed by atoms with Crippen LogP contribution in [-0.4, -0.2) is 56.4 Å². The molecule has 2 heterocycles. The Hall–Kier alpha value is -2.65. The van der Waals surface area contributed by atoms with Crippen molar-refractivity contribution in [3.63, 3.8) is 0 Å². The number of nitro groups is 1. The van der Waals surface area contributed by atoms with Crippen LogP contribution in [0.2, 0.25) is 0 Å². The molecule has 8 nitrogen and oxygen atoms in total. The van der Waals surface area contributed by atoms with Crippen LogP contribution in [0.15, 0.2) is 53.4 Å². The highest BCUT2D eigenvalue weighted by atomic mass is 32.2. The Morgan fingerprint density at radius 3 is 2.29 bits per heavy atom. The fourth-order valence-electron chi connectivity index (χ4n) is 4.51. The van der Waals surface area contributed by atoms with Gasteiger partial charge in [0.1, 0.15) is 5.69 Å². The second kappa shape index (κ2) is 8.84. The molecule has 31 heavy (non-hydrogen) atoms. The van der Waals surface area contributed by atoms with E-state index in [0.29, 0.717) is 30.2 Å². The standard InChI is InChI=1S/C22H28N4O4S/c1-18-17-24(14-15-25(18)31(29,30)20-8-4-2-5-9-20)19-10-11-21(26(27)28)22(16-19)23-12-6-3-7-13-23/h2,4-5,8-11,16,18H,3,6-7,12-15,17H2,1H3/t18-/m0/s1. The number of rotatable bonds is 5. The van der Waals surface area contributed by atoms with E-state index in [1.807, 2.05) is 13.0 Å². The lowest BCUT2D eigenvalue weighted by molar-refractivity contribution is -0.384. The molecule has 9 heteroatoms. The lowest BCUT2D eigenvalue weighted by atomic mass is 10.1. The summed E-state index contributed by atoms with van der Waals surface area (Å²) in [7, 11) is -3.55. The minimum Gasteiger partial charge on any atom is -0.369 e. The summed E-state index contributed by atoms with van der Waals surface area (Å²) in [5.74, 6) is 0. The van der Waals surface area contributed by atoms with Crippen molar-refractivity contribution in [1.29, 1.82) is 0 Å². The Labute approximate surface area is 183 Å². The predicted octanol–water partition coefficient (Wildman–Crippen LogP) is 3.48. The van der Waals surface area contributed by atoms with Gasteiger partial charge >= 0.3 is 0 Å². The maximum Gasteiger partial charge on any atom is 0.292 e. The molecule has 2 aliphatic rings. The molecule has 0 spiro atoms. The van der Waals surface area contributed by atoms with Crippen LogP contribution in [0.5, 0.6) is 0 Å². The zero-order chi connectivity index (χ0) is 22.0. The van der Waals surface area contributed by atoms with Gasteiger partial charge in [-0.05, 0) is 50.5 Å². The van der Waals surface area contributed by atoms with Crippen molar-refractivity contribution in [2.75, 3.05) is 42.5 Å². The summed E-state index contributed by atoms with van der Waals surface area (Å²) in [6, 6.07) is 13.5. The molecule has 0 unspecified atom stereocenters. The Kier molecular flexibility index (Phi) is 6.15. The SMILES string of the molecule is C[C@H]1CN(c2ccc([N+](=O)[O-])c(N3CCCCC3)c2)CCN1S(=O)(=O)c1ccccc1. The van der Waals surface area contributed by atoms with E-state index in [-0.39, 0.29) is 16.7 Å². The van der Waals surface area contributed by atoms with Crippen LogP contribution >= 0.6 is 0 Å². The lowest BCUT2D eigenvalue weighted by Crippen LogP contribution is -2.54. The van der Waals surface area contributed by atoms with Crippen molar-refractivity contribution >= 4 is 27.1 Å². The number of hydrogen-bond acceptors (Lipinski definition) is 6. The van der Waals surface area contributed by atoms with Crippen LogP contribution in [0.4, 0.5) is 17.1 Å². The van der Waals surface area contributed by atoms with Crippen molar-refractivity contribution in [1.82, 2.24) is 4.31 Å². The second-order valence-corrected chi connectivity index (χ2v) is 10.1. The molecular formula is C22H28N4O4S. The lowest BCUT2D eigenvalue weighted by Gasteiger charge is -2.40. The molecule has 1 atom stereocenters. The largest absolute Gasteiger partial charge is 0.369 e. The van der Waals surface area contributed by atoms with Gasteiger partial charge in [-0.25, -0.2) is 8.42 Å². The van der Waals surface area contributed by atoms with Gasteiger partial charge in [-0.15, -0.1) is 0 Å². The molecule has 0 amide bonds. The van der Waals surface area contributed by atoms with E-state index in [9.17, 15) is 18.5 Å². The molecule has 0 radical (unpaired) electrons. The molecule has 0 aliphatic carbocycles. The summed E-state index contributed by atoms with van der Waals surface area (Å²) in [5.41, 5.74) is 1.69. The third-order valence-corrected chi connectivity index (χ3v) is 8.16. The summed E-state index contributed by atoms with van der Waals surface area (Å²) >= 11 is 0. The van der Waals surface area contributed by atoms with Gasteiger partial charge in [-0.1, -0.05) is 18.2 Å². The molecule has 2 aliphatic heterocycles. The summed E-state index contributed by atoms with van der Waals surface area (Å²) in [4.78, 5) is 15.8. The first-order valence-corrected chi connectivity index (χ1v) is 12.2. The van der Waals surface area contributed by atoms with Crippen molar-refractivity contribution in [2.24, 2.45) is 0 Å². The number of nitrogens with zero attached hydrogens (tertiary/aromatic N) is 4. The molecule has 2 aromatic carbocycles. The number of sulfonamides is 1. The van der Waals surface area contributed by atoms with E-state index in [0.717, 1.165) is 38.0 Å². The molecule has 2 saturated heterocycles. The van der Waals surface area contributed by atoms with Crippen molar-refractivity contribution in [3.8, 4) is 0 Å². The molecule has 0 saturated carbocycles. The summed E-state index contributed by atoms with van der Waals surface area (Å²) < 4.78 is 27.6. The zero-order valence-corrected chi connectivity index (χ0v) is 18.5. The molecule has 0 bridgehead atoms. The number of hydrogen-bond donors (Lipinski definition) is 0. The van der Waals surface area contributed by atoms with Gasteiger partial charge in [0.2, 0.25) is 10.0 Å². The number of benzene rings is 2. The monoisotopic (exact) mass is 444 g/mol. The van der Waals surface area contributed by atoms with Gasteiger partial charge in [-0.2, -0.15) is 4.31 Å². The van der Waals surface area contributed by atoms with Gasteiger partial charge in [0.05, 0.1) is 9.82 Å². The smallest absolute Gasteiger partial charge is 0.292 e. The molecule has 166 valence electrons. The minimum atomic E-state index is -3.55. The van der Waals surface area contributed by atoms with Crippen LogP contribution in [0.25, 0.3) is 0 Å². The second-order valence-electron chi connectivity index (χ2n) is 8.20. The van der Waals surface area contributed by atoms with Crippen molar-refractivity contribution < 1.29 is 13.3 Å². The van der Waals surface area contributed by atoms with Crippen LogP contribution in [-0.2, 0) is 10.0 Å². The molecule has 2 aromatic rings. The Morgan fingerprint density at radius 1 is 0.935 bits per heavy atom. The molecular weight excluding hydrogens is 416 g/mol. The molecule has 0 aromatic heterocycles. The Bertz CT molecular complexity index is 1040. The number of piperidine rings is 1. The van der Waals surface area contributed by atoms with Gasteiger partial charge in [0.15, 0.2) is 0 Å². The first-order valence-electron chi connectivity index (χ1n) is 10.7. The van der Waals surface area contributed by atoms with E-state index in [1.54, 1.807) is 46.8 Å². The van der Waals surface area contributed by atoms with E-state index < -0.39 is 10.0 Å². The fraction of sp³-hybridized carbons (Fsp3) is 0.455. The first kappa shape index (κ1) is 21.6. The highest BCUT2D eigenvalue weighted by Gasteiger charge is 2.34. The quantitative estimate of drug-likeness (QED) is 0.518. The third kappa shape index (κ3) is 4.38. The molecule has 4 rings (SSSR count). The fourth-order valence-corrected chi connectivity index (χ4v) is 6.15. The molecule has 2 fully saturated rings. The van der Waals surface area contributed by atoms with Crippen LogP contribution < -0.4 is 9.80 Å². The van der Waals surface area contributed by atoms with E-state index >= 15 is 0 Å². The topological polar surface area (TPSA) is 87.0 Å². The highest BCUT2D eigenvalue weighted by molar-refractivity contribution is 7.89. The Balaban J connectivity index is 1.56. The highest BCUT2D eigenvalue weighted by Crippen LogP contribution is 2.35. The molecule has 0 N–H and O–H groups in total. The van der Waals surface area contributed by atoms with E-state index in [4.69, 9.17) is 0 Å². The maximum atomic E-state index is 13.0. The van der Waals surface area contributed by atoms with Gasteiger partial charge < -0.3 is 9.80 Å². The number of piperazine rings is 1. The van der Waals surface area contributed by atoms with Gasteiger partial charge in [0, 0.05) is 50.5 Å². The normalized spacial score (nSPS) is 20.6. The maximum absolute atomic E-state index is 13.0. The summed E-state index contributed by atoms with van der Waals surface area (Å²) in [5, 5.41) is 11.6. The minimum absolute atomic E-state index is 0.129. The average Bonchev–Trinajstić information content (AvgIpc) is 2.79. The van der Waals surface area contributed by atoms with E-state index in [2.05, 4.69) is 9.80 Å². The summed E-state index contributed by atoms with van der Waals surface area (Å²) in [6.07, 6.45) is 3.22. The average molecular weight is 445 g/mol. The van der Waals surface area contributed by atoms with Crippen LogP contribution in [0, 0.1) is 10.1 Å². The van der Waals surface area contributed by atoms with Crippen molar-refractivity contribution in [2.45, 2.75) is 37.1 Å². The van der Waals surface area contributed by atoms with Gasteiger partial charge in [0.25, 0.3) is 5.69 Å². The summed E-state index contributed by atoms with van der Waals surface area (Å²) in [6.45, 7) is 4.99. The van der Waals surface area contributed by atoms with Crippen LogP contribution in [0.3, 0.4) is 0 Å². The van der Waals surface area contributed by atoms with E-state index in [1.165, 1.54) is 0 Å². The zero-order valence-electron chi connectivity index (χ0n) is 17.7. The predicted molar refractivity (Wildman–Crippen MR) is 121 cm³/mol. The third-order valence-electron chi connectivity index (χ3n) is 6.13. The van der Waals surface area contributed by atoms with Crippen LogP contribution in [0.1, 0.15) is 26.2 Å².